The monoisotopic (exact) mass is 412 g/mol. The second-order valence-electron chi connectivity index (χ2n) is 7.71. The number of ether oxygens (including phenoxy) is 2. The molecular weight excluding hydrogens is 384 g/mol. The number of hydrogen-bond acceptors (Lipinski definition) is 5. The Labute approximate surface area is 176 Å². The standard InChI is InChI=1S/C23H28N2O5/c1-23(28)13-8-14-25(22(27)30-17-19-11-6-3-7-12-19)15-20(23)24-21(26)29-16-18-9-4-2-5-10-18/h2-7,9-12,20,28H,8,13-17H2,1H3,(H,24,26)/t20-,23+/m0/s1. The predicted molar refractivity (Wildman–Crippen MR) is 112 cm³/mol. The molecule has 160 valence electrons. The maximum absolute atomic E-state index is 12.6. The molecule has 0 saturated carbocycles. The summed E-state index contributed by atoms with van der Waals surface area (Å²) in [5.74, 6) is 0. The van der Waals surface area contributed by atoms with Crippen LogP contribution in [0.1, 0.15) is 30.9 Å². The SMILES string of the molecule is C[C@@]1(O)CCCN(C(=O)OCc2ccccc2)C[C@@H]1NC(=O)OCc1ccccc1. The molecule has 2 atom stereocenters. The molecule has 1 aliphatic rings. The number of carbonyl (C=O) groups is 2. The minimum atomic E-state index is -1.17. The van der Waals surface area contributed by atoms with E-state index < -0.39 is 23.8 Å². The van der Waals surface area contributed by atoms with Crippen molar-refractivity contribution < 1.29 is 24.2 Å². The molecule has 0 aromatic heterocycles. The summed E-state index contributed by atoms with van der Waals surface area (Å²) < 4.78 is 10.7. The fourth-order valence-corrected chi connectivity index (χ4v) is 3.39. The largest absolute Gasteiger partial charge is 0.445 e. The van der Waals surface area contributed by atoms with Crippen molar-refractivity contribution >= 4 is 12.2 Å². The number of benzene rings is 2. The molecule has 0 bridgehead atoms. The number of nitrogens with zero attached hydrogens (tertiary/aromatic N) is 1. The van der Waals surface area contributed by atoms with Crippen molar-refractivity contribution in [1.29, 1.82) is 0 Å². The molecule has 1 heterocycles. The van der Waals surface area contributed by atoms with Crippen molar-refractivity contribution in [3.8, 4) is 0 Å². The maximum atomic E-state index is 12.6. The Hall–Kier alpha value is -3.06. The molecule has 1 saturated heterocycles. The average Bonchev–Trinajstić information content (AvgIpc) is 2.90. The van der Waals surface area contributed by atoms with Gasteiger partial charge in [0.1, 0.15) is 13.2 Å². The Morgan fingerprint density at radius 3 is 2.20 bits per heavy atom. The van der Waals surface area contributed by atoms with E-state index in [-0.39, 0.29) is 19.8 Å². The van der Waals surface area contributed by atoms with Crippen LogP contribution in [0.2, 0.25) is 0 Å². The Morgan fingerprint density at radius 2 is 1.60 bits per heavy atom. The van der Waals surface area contributed by atoms with Gasteiger partial charge < -0.3 is 24.8 Å². The lowest BCUT2D eigenvalue weighted by atomic mass is 9.92. The van der Waals surface area contributed by atoms with E-state index in [1.54, 1.807) is 6.92 Å². The summed E-state index contributed by atoms with van der Waals surface area (Å²) in [5, 5.41) is 13.5. The van der Waals surface area contributed by atoms with Crippen LogP contribution < -0.4 is 5.32 Å². The first-order chi connectivity index (χ1) is 14.4. The number of nitrogens with one attached hydrogen (secondary N) is 1. The third-order valence-corrected chi connectivity index (χ3v) is 5.23. The summed E-state index contributed by atoms with van der Waals surface area (Å²) in [6, 6.07) is 18.1. The molecule has 0 unspecified atom stereocenters. The van der Waals surface area contributed by atoms with Crippen LogP contribution in [0, 0.1) is 0 Å². The second-order valence-corrected chi connectivity index (χ2v) is 7.71. The lowest BCUT2D eigenvalue weighted by Gasteiger charge is -2.32. The minimum Gasteiger partial charge on any atom is -0.445 e. The molecule has 0 spiro atoms. The summed E-state index contributed by atoms with van der Waals surface area (Å²) in [4.78, 5) is 26.4. The van der Waals surface area contributed by atoms with Gasteiger partial charge >= 0.3 is 12.2 Å². The zero-order valence-electron chi connectivity index (χ0n) is 17.1. The Morgan fingerprint density at radius 1 is 1.03 bits per heavy atom. The lowest BCUT2D eigenvalue weighted by molar-refractivity contribution is 0.00989. The zero-order chi connectivity index (χ0) is 21.4. The molecule has 2 amide bonds. The highest BCUT2D eigenvalue weighted by atomic mass is 16.6. The Bertz CT molecular complexity index is 826. The normalized spacial score (nSPS) is 21.4. The van der Waals surface area contributed by atoms with E-state index in [1.807, 2.05) is 60.7 Å². The van der Waals surface area contributed by atoms with Crippen molar-refractivity contribution in [2.75, 3.05) is 13.1 Å². The third kappa shape index (κ3) is 6.22. The zero-order valence-corrected chi connectivity index (χ0v) is 17.1. The molecule has 2 aromatic rings. The molecule has 30 heavy (non-hydrogen) atoms. The van der Waals surface area contributed by atoms with E-state index in [0.717, 1.165) is 11.1 Å². The van der Waals surface area contributed by atoms with Gasteiger partial charge in [-0.15, -0.1) is 0 Å². The topological polar surface area (TPSA) is 88.1 Å². The van der Waals surface area contributed by atoms with E-state index in [2.05, 4.69) is 5.32 Å². The van der Waals surface area contributed by atoms with Crippen LogP contribution in [0.15, 0.2) is 60.7 Å². The van der Waals surface area contributed by atoms with E-state index in [1.165, 1.54) is 4.90 Å². The summed E-state index contributed by atoms with van der Waals surface area (Å²) in [6.45, 7) is 2.55. The number of alkyl carbamates (subject to hydrolysis) is 1. The average molecular weight is 412 g/mol. The molecule has 1 aliphatic heterocycles. The van der Waals surface area contributed by atoms with Crippen LogP contribution in [0.25, 0.3) is 0 Å². The predicted octanol–water partition coefficient (Wildman–Crippen LogP) is 3.47. The number of aliphatic hydroxyl groups is 1. The van der Waals surface area contributed by atoms with Crippen LogP contribution in [0.5, 0.6) is 0 Å². The number of rotatable bonds is 5. The first-order valence-corrected chi connectivity index (χ1v) is 10.1. The summed E-state index contributed by atoms with van der Waals surface area (Å²) in [7, 11) is 0. The van der Waals surface area contributed by atoms with Gasteiger partial charge in [-0.3, -0.25) is 0 Å². The van der Waals surface area contributed by atoms with Gasteiger partial charge in [0.25, 0.3) is 0 Å². The summed E-state index contributed by atoms with van der Waals surface area (Å²) >= 11 is 0. The molecule has 2 aromatic carbocycles. The van der Waals surface area contributed by atoms with Gasteiger partial charge in [-0.25, -0.2) is 9.59 Å². The van der Waals surface area contributed by atoms with Gasteiger partial charge in [0, 0.05) is 13.1 Å². The maximum Gasteiger partial charge on any atom is 0.410 e. The van der Waals surface area contributed by atoms with E-state index in [0.29, 0.717) is 19.4 Å². The third-order valence-electron chi connectivity index (χ3n) is 5.23. The van der Waals surface area contributed by atoms with Crippen molar-refractivity contribution in [3.63, 3.8) is 0 Å². The second kappa shape index (κ2) is 10.1. The van der Waals surface area contributed by atoms with Crippen LogP contribution in [0.4, 0.5) is 9.59 Å². The number of carbonyl (C=O) groups excluding carboxylic acids is 2. The van der Waals surface area contributed by atoms with Crippen LogP contribution in [0.3, 0.4) is 0 Å². The fourth-order valence-electron chi connectivity index (χ4n) is 3.39. The van der Waals surface area contributed by atoms with Gasteiger partial charge in [0.05, 0.1) is 11.6 Å². The van der Waals surface area contributed by atoms with Gasteiger partial charge in [0.2, 0.25) is 0 Å². The smallest absolute Gasteiger partial charge is 0.410 e. The van der Waals surface area contributed by atoms with Crippen molar-refractivity contribution in [1.82, 2.24) is 10.2 Å². The van der Waals surface area contributed by atoms with Crippen molar-refractivity contribution in [2.45, 2.75) is 44.6 Å². The van der Waals surface area contributed by atoms with E-state index in [9.17, 15) is 14.7 Å². The molecule has 0 aliphatic carbocycles. The molecule has 7 heteroatoms. The van der Waals surface area contributed by atoms with Gasteiger partial charge in [0.15, 0.2) is 0 Å². The van der Waals surface area contributed by atoms with Crippen LogP contribution in [-0.4, -0.2) is 46.9 Å². The molecule has 0 radical (unpaired) electrons. The van der Waals surface area contributed by atoms with E-state index >= 15 is 0 Å². The first-order valence-electron chi connectivity index (χ1n) is 10.1. The molecule has 7 nitrogen and oxygen atoms in total. The lowest BCUT2D eigenvalue weighted by Crippen LogP contribution is -2.55. The van der Waals surface area contributed by atoms with Crippen LogP contribution >= 0.6 is 0 Å². The van der Waals surface area contributed by atoms with Gasteiger partial charge in [-0.1, -0.05) is 60.7 Å². The number of likely N-dealkylation sites (tertiary alicyclic amines) is 1. The quantitative estimate of drug-likeness (QED) is 0.785. The summed E-state index contributed by atoms with van der Waals surface area (Å²) in [6.07, 6.45) is -0.0614. The molecular formula is C23H28N2O5. The van der Waals surface area contributed by atoms with Gasteiger partial charge in [-0.2, -0.15) is 0 Å². The molecule has 2 N–H and O–H groups in total. The summed E-state index contributed by atoms with van der Waals surface area (Å²) in [5.41, 5.74) is 0.596. The first kappa shape index (κ1) is 21.6. The number of amides is 2. The fraction of sp³-hybridized carbons (Fsp3) is 0.391. The minimum absolute atomic E-state index is 0.129. The van der Waals surface area contributed by atoms with Gasteiger partial charge in [-0.05, 0) is 30.9 Å². The van der Waals surface area contributed by atoms with Crippen LogP contribution in [-0.2, 0) is 22.7 Å². The number of hydrogen-bond donors (Lipinski definition) is 2. The Kier molecular flexibility index (Phi) is 7.30. The highest BCUT2D eigenvalue weighted by Gasteiger charge is 2.38. The van der Waals surface area contributed by atoms with E-state index in [4.69, 9.17) is 9.47 Å². The highest BCUT2D eigenvalue weighted by Crippen LogP contribution is 2.23. The Balaban J connectivity index is 1.56. The van der Waals surface area contributed by atoms with Crippen molar-refractivity contribution in [2.24, 2.45) is 0 Å². The highest BCUT2D eigenvalue weighted by molar-refractivity contribution is 5.69. The molecule has 1 fully saturated rings. The van der Waals surface area contributed by atoms with Crippen molar-refractivity contribution in [3.05, 3.63) is 71.8 Å². The molecule has 3 rings (SSSR count).